The van der Waals surface area contributed by atoms with E-state index in [1.807, 2.05) is 33.8 Å². The Hall–Kier alpha value is -0.760. The molecule has 0 aliphatic heterocycles. The van der Waals surface area contributed by atoms with Crippen LogP contribution in [-0.2, 0) is 0 Å². The normalized spacial score (nSPS) is 8.75. The summed E-state index contributed by atoms with van der Waals surface area (Å²) in [7, 11) is 0. The summed E-state index contributed by atoms with van der Waals surface area (Å²) >= 11 is 5.68. The molecule has 0 aliphatic carbocycles. The maximum Gasteiger partial charge on any atom is 0.152 e. The molecular formula is C9H15ClN2. The lowest BCUT2D eigenvalue weighted by molar-refractivity contribution is 1.18. The minimum Gasteiger partial charge on any atom is -0.396 e. The van der Waals surface area contributed by atoms with Crippen LogP contribution < -0.4 is 5.73 Å². The number of rotatable bonds is 0. The summed E-state index contributed by atoms with van der Waals surface area (Å²) in [5, 5.41) is 0.400. The third-order valence-electron chi connectivity index (χ3n) is 1.35. The van der Waals surface area contributed by atoms with Crippen LogP contribution in [0.5, 0.6) is 0 Å². The van der Waals surface area contributed by atoms with Gasteiger partial charge in [-0.3, -0.25) is 0 Å². The van der Waals surface area contributed by atoms with Crippen molar-refractivity contribution in [2.45, 2.75) is 27.7 Å². The van der Waals surface area contributed by atoms with Crippen molar-refractivity contribution < 1.29 is 0 Å². The maximum absolute atomic E-state index is 5.68. The maximum atomic E-state index is 5.68. The standard InChI is InChI=1S/C7H9ClN2.C2H6/c1-4-3-5(2)10-7(8)6(4)9;1-2/h3H,9H2,1-2H3;1-2H3. The van der Waals surface area contributed by atoms with E-state index in [0.717, 1.165) is 11.3 Å². The van der Waals surface area contributed by atoms with Crippen LogP contribution in [0, 0.1) is 13.8 Å². The second kappa shape index (κ2) is 4.99. The van der Waals surface area contributed by atoms with Crippen LogP contribution in [0.1, 0.15) is 25.1 Å². The molecule has 68 valence electrons. The first-order chi connectivity index (χ1) is 5.61. The zero-order chi connectivity index (χ0) is 9.72. The summed E-state index contributed by atoms with van der Waals surface area (Å²) in [6.07, 6.45) is 0. The first-order valence-corrected chi connectivity index (χ1v) is 4.38. The molecule has 0 fully saturated rings. The zero-order valence-corrected chi connectivity index (χ0v) is 8.74. The van der Waals surface area contributed by atoms with Gasteiger partial charge in [0.15, 0.2) is 5.15 Å². The quantitative estimate of drug-likeness (QED) is 0.633. The van der Waals surface area contributed by atoms with Crippen molar-refractivity contribution in [3.63, 3.8) is 0 Å². The summed E-state index contributed by atoms with van der Waals surface area (Å²) in [6.45, 7) is 7.80. The van der Waals surface area contributed by atoms with Crippen LogP contribution in [0.4, 0.5) is 5.69 Å². The van der Waals surface area contributed by atoms with E-state index >= 15 is 0 Å². The fraction of sp³-hybridized carbons (Fsp3) is 0.444. The molecule has 2 nitrogen and oxygen atoms in total. The number of nitrogens with two attached hydrogens (primary N) is 1. The summed E-state index contributed by atoms with van der Waals surface area (Å²) < 4.78 is 0. The van der Waals surface area contributed by atoms with Crippen molar-refractivity contribution in [2.24, 2.45) is 0 Å². The molecule has 0 amide bonds. The van der Waals surface area contributed by atoms with Crippen LogP contribution in [0.3, 0.4) is 0 Å². The van der Waals surface area contributed by atoms with Crippen LogP contribution >= 0.6 is 11.6 Å². The average Bonchev–Trinajstić information content (AvgIpc) is 2.04. The van der Waals surface area contributed by atoms with E-state index < -0.39 is 0 Å². The Morgan fingerprint density at radius 2 is 1.83 bits per heavy atom. The largest absolute Gasteiger partial charge is 0.396 e. The molecule has 1 aromatic heterocycles. The molecule has 0 saturated heterocycles. The predicted octanol–water partition coefficient (Wildman–Crippen LogP) is 2.96. The van der Waals surface area contributed by atoms with Gasteiger partial charge in [0, 0.05) is 5.69 Å². The van der Waals surface area contributed by atoms with Crippen molar-refractivity contribution in [3.8, 4) is 0 Å². The van der Waals surface area contributed by atoms with Crippen LogP contribution in [0.2, 0.25) is 5.15 Å². The molecule has 3 heteroatoms. The number of nitrogens with zero attached hydrogens (tertiary/aromatic N) is 1. The highest BCUT2D eigenvalue weighted by Crippen LogP contribution is 2.19. The Balaban J connectivity index is 0.000000561. The highest BCUT2D eigenvalue weighted by molar-refractivity contribution is 6.32. The van der Waals surface area contributed by atoms with Crippen molar-refractivity contribution in [1.82, 2.24) is 4.98 Å². The monoisotopic (exact) mass is 186 g/mol. The number of nitrogen functional groups attached to an aromatic ring is 1. The lowest BCUT2D eigenvalue weighted by atomic mass is 10.2. The lowest BCUT2D eigenvalue weighted by Crippen LogP contribution is -1.94. The molecule has 1 rings (SSSR count). The van der Waals surface area contributed by atoms with Crippen LogP contribution in [-0.4, -0.2) is 4.98 Å². The molecular weight excluding hydrogens is 172 g/mol. The average molecular weight is 187 g/mol. The SMILES string of the molecule is CC.Cc1cc(C)c(N)c(Cl)n1. The van der Waals surface area contributed by atoms with E-state index in [-0.39, 0.29) is 0 Å². The van der Waals surface area contributed by atoms with Gasteiger partial charge in [-0.15, -0.1) is 0 Å². The molecule has 0 bridgehead atoms. The Labute approximate surface area is 78.8 Å². The van der Waals surface area contributed by atoms with Gasteiger partial charge in [0.05, 0.1) is 5.69 Å². The summed E-state index contributed by atoms with van der Waals surface area (Å²) in [4.78, 5) is 3.97. The minimum atomic E-state index is 0.400. The van der Waals surface area contributed by atoms with Crippen molar-refractivity contribution in [1.29, 1.82) is 0 Å². The topological polar surface area (TPSA) is 38.9 Å². The molecule has 12 heavy (non-hydrogen) atoms. The number of hydrogen-bond acceptors (Lipinski definition) is 2. The third-order valence-corrected chi connectivity index (χ3v) is 1.64. The molecule has 0 saturated carbocycles. The Morgan fingerprint density at radius 1 is 1.33 bits per heavy atom. The smallest absolute Gasteiger partial charge is 0.152 e. The number of aryl methyl sites for hydroxylation is 2. The van der Waals surface area contributed by atoms with Gasteiger partial charge in [-0.1, -0.05) is 25.4 Å². The van der Waals surface area contributed by atoms with Crippen molar-refractivity contribution >= 4 is 17.3 Å². The van der Waals surface area contributed by atoms with Gasteiger partial charge in [-0.25, -0.2) is 4.98 Å². The highest BCUT2D eigenvalue weighted by atomic mass is 35.5. The number of anilines is 1. The van der Waals surface area contributed by atoms with E-state index in [1.54, 1.807) is 0 Å². The van der Waals surface area contributed by atoms with Gasteiger partial charge >= 0.3 is 0 Å². The van der Waals surface area contributed by atoms with Gasteiger partial charge in [0.25, 0.3) is 0 Å². The number of pyridine rings is 1. The summed E-state index contributed by atoms with van der Waals surface area (Å²) in [6, 6.07) is 1.90. The van der Waals surface area contributed by atoms with E-state index in [1.165, 1.54) is 0 Å². The number of aromatic nitrogens is 1. The molecule has 0 aliphatic rings. The second-order valence-electron chi connectivity index (χ2n) is 2.29. The Morgan fingerprint density at radius 3 is 2.25 bits per heavy atom. The van der Waals surface area contributed by atoms with Gasteiger partial charge < -0.3 is 5.73 Å². The van der Waals surface area contributed by atoms with Gasteiger partial charge in [0.2, 0.25) is 0 Å². The fourth-order valence-corrected chi connectivity index (χ4v) is 1.08. The fourth-order valence-electron chi connectivity index (χ4n) is 0.801. The van der Waals surface area contributed by atoms with Crippen molar-refractivity contribution in [2.75, 3.05) is 5.73 Å². The summed E-state index contributed by atoms with van der Waals surface area (Å²) in [5.41, 5.74) is 8.02. The van der Waals surface area contributed by atoms with Gasteiger partial charge in [0.1, 0.15) is 0 Å². The zero-order valence-electron chi connectivity index (χ0n) is 7.98. The minimum absolute atomic E-state index is 0.400. The number of halogens is 1. The van der Waals surface area contributed by atoms with E-state index in [0.29, 0.717) is 10.8 Å². The van der Waals surface area contributed by atoms with Crippen molar-refractivity contribution in [3.05, 3.63) is 22.5 Å². The molecule has 1 aromatic rings. The van der Waals surface area contributed by atoms with Gasteiger partial charge in [-0.2, -0.15) is 0 Å². The third kappa shape index (κ3) is 2.70. The highest BCUT2D eigenvalue weighted by Gasteiger charge is 2.00. The molecule has 0 unspecified atom stereocenters. The first kappa shape index (κ1) is 11.2. The molecule has 0 aromatic carbocycles. The number of hydrogen-bond donors (Lipinski definition) is 1. The second-order valence-corrected chi connectivity index (χ2v) is 2.64. The van der Waals surface area contributed by atoms with Crippen LogP contribution in [0.25, 0.3) is 0 Å². The van der Waals surface area contributed by atoms with E-state index in [9.17, 15) is 0 Å². The van der Waals surface area contributed by atoms with E-state index in [4.69, 9.17) is 17.3 Å². The first-order valence-electron chi connectivity index (χ1n) is 4.00. The molecule has 1 heterocycles. The van der Waals surface area contributed by atoms with Gasteiger partial charge in [-0.05, 0) is 25.5 Å². The Kier molecular flexibility index (Phi) is 4.67. The lowest BCUT2D eigenvalue weighted by Gasteiger charge is -2.01. The predicted molar refractivity (Wildman–Crippen MR) is 54.5 cm³/mol. The van der Waals surface area contributed by atoms with E-state index in [2.05, 4.69) is 4.98 Å². The molecule has 0 radical (unpaired) electrons. The molecule has 2 N–H and O–H groups in total. The molecule has 0 spiro atoms. The summed E-state index contributed by atoms with van der Waals surface area (Å²) in [5.74, 6) is 0. The van der Waals surface area contributed by atoms with Crippen LogP contribution in [0.15, 0.2) is 6.07 Å². The molecule has 0 atom stereocenters. The Bertz CT molecular complexity index is 236.